The fourth-order valence-corrected chi connectivity index (χ4v) is 3.11. The molecule has 128 valence electrons. The molecule has 1 fully saturated rings. The summed E-state index contributed by atoms with van der Waals surface area (Å²) in [7, 11) is 3.33. The fraction of sp³-hybridized carbons (Fsp3) is 0.438. The maximum Gasteiger partial charge on any atom is 0.287 e. The number of aryl methyl sites for hydroxylation is 2. The molecule has 1 saturated heterocycles. The van der Waals surface area contributed by atoms with Gasteiger partial charge < -0.3 is 9.47 Å². The van der Waals surface area contributed by atoms with E-state index in [1.54, 1.807) is 37.1 Å². The van der Waals surface area contributed by atoms with Gasteiger partial charge in [-0.2, -0.15) is 5.10 Å². The number of aromatic nitrogens is 3. The van der Waals surface area contributed by atoms with Crippen LogP contribution in [0.15, 0.2) is 34.1 Å². The van der Waals surface area contributed by atoms with Gasteiger partial charge >= 0.3 is 0 Å². The predicted molar refractivity (Wildman–Crippen MR) is 93.7 cm³/mol. The minimum Gasteiger partial charge on any atom is -0.366 e. The molecule has 0 aliphatic carbocycles. The molecule has 2 aromatic rings. The van der Waals surface area contributed by atoms with Crippen LogP contribution < -0.4 is 16.0 Å². The number of halogens is 1. The monoisotopic (exact) mass is 349 g/mol. The first-order chi connectivity index (χ1) is 11.5. The van der Waals surface area contributed by atoms with Crippen molar-refractivity contribution in [1.82, 2.24) is 19.2 Å². The highest BCUT2D eigenvalue weighted by atomic mass is 35.5. The van der Waals surface area contributed by atoms with Gasteiger partial charge in [-0.1, -0.05) is 11.6 Å². The molecule has 0 atom stereocenters. The maximum absolute atomic E-state index is 11.9. The van der Waals surface area contributed by atoms with Crippen molar-refractivity contribution >= 4 is 17.3 Å². The Balaban J connectivity index is 1.65. The molecular formula is C16H20ClN5O2. The smallest absolute Gasteiger partial charge is 0.287 e. The summed E-state index contributed by atoms with van der Waals surface area (Å²) in [6.45, 7) is 3.94. The van der Waals surface area contributed by atoms with Gasteiger partial charge in [0.05, 0.1) is 11.9 Å². The van der Waals surface area contributed by atoms with Crippen molar-refractivity contribution < 1.29 is 0 Å². The summed E-state index contributed by atoms with van der Waals surface area (Å²) >= 11 is 6.16. The molecule has 3 rings (SSSR count). The second-order valence-electron chi connectivity index (χ2n) is 6.02. The Kier molecular flexibility index (Phi) is 4.73. The molecule has 0 saturated carbocycles. The summed E-state index contributed by atoms with van der Waals surface area (Å²) in [5.74, 6) is 0. The van der Waals surface area contributed by atoms with Gasteiger partial charge in [-0.25, -0.2) is 4.68 Å². The summed E-state index contributed by atoms with van der Waals surface area (Å²) < 4.78 is 2.80. The van der Waals surface area contributed by atoms with Crippen LogP contribution >= 0.6 is 11.6 Å². The number of hydrogen-bond donors (Lipinski definition) is 0. The Bertz CT molecular complexity index is 852. The van der Waals surface area contributed by atoms with Gasteiger partial charge in [-0.05, 0) is 11.6 Å². The summed E-state index contributed by atoms with van der Waals surface area (Å²) in [5.41, 5.74) is 1.42. The lowest BCUT2D eigenvalue weighted by Crippen LogP contribution is -2.46. The third kappa shape index (κ3) is 3.37. The van der Waals surface area contributed by atoms with Crippen molar-refractivity contribution in [3.05, 3.63) is 55.8 Å². The van der Waals surface area contributed by atoms with Crippen molar-refractivity contribution in [2.45, 2.75) is 6.54 Å². The number of pyridine rings is 1. The van der Waals surface area contributed by atoms with E-state index in [-0.39, 0.29) is 16.1 Å². The maximum atomic E-state index is 11.9. The van der Waals surface area contributed by atoms with Crippen molar-refractivity contribution in [3.8, 4) is 0 Å². The van der Waals surface area contributed by atoms with Crippen LogP contribution in [0.5, 0.6) is 0 Å². The number of piperazine rings is 1. The third-order valence-electron chi connectivity index (χ3n) is 4.35. The largest absolute Gasteiger partial charge is 0.366 e. The van der Waals surface area contributed by atoms with E-state index in [0.717, 1.165) is 38.3 Å². The van der Waals surface area contributed by atoms with Crippen LogP contribution in [0.2, 0.25) is 5.02 Å². The Hall–Kier alpha value is -2.12. The number of nitrogens with zero attached hydrogens (tertiary/aromatic N) is 5. The Morgan fingerprint density at radius 2 is 1.88 bits per heavy atom. The van der Waals surface area contributed by atoms with Crippen LogP contribution in [-0.2, 0) is 20.6 Å². The lowest BCUT2D eigenvalue weighted by Gasteiger charge is -2.36. The van der Waals surface area contributed by atoms with Gasteiger partial charge in [0.1, 0.15) is 5.02 Å². The summed E-state index contributed by atoms with van der Waals surface area (Å²) in [4.78, 5) is 28.0. The molecule has 1 aliphatic heterocycles. The molecule has 3 heterocycles. The molecule has 0 aromatic carbocycles. The molecule has 24 heavy (non-hydrogen) atoms. The van der Waals surface area contributed by atoms with E-state index in [0.29, 0.717) is 5.69 Å². The zero-order valence-electron chi connectivity index (χ0n) is 13.8. The van der Waals surface area contributed by atoms with Crippen LogP contribution in [0, 0.1) is 0 Å². The lowest BCUT2D eigenvalue weighted by molar-refractivity contribution is 0.249. The average Bonchev–Trinajstić information content (AvgIpc) is 2.57. The molecule has 8 heteroatoms. The molecular weight excluding hydrogens is 330 g/mol. The third-order valence-corrected chi connectivity index (χ3v) is 4.70. The van der Waals surface area contributed by atoms with Crippen LogP contribution in [0.3, 0.4) is 0 Å². The highest BCUT2D eigenvalue weighted by Gasteiger charge is 2.21. The first-order valence-corrected chi connectivity index (χ1v) is 8.18. The standard InChI is InChI=1S/C16H20ClN5O2/c1-19-4-3-12(9-14(19)23)11-21-5-7-22(8-6-21)13-10-18-20(2)16(24)15(13)17/h3-4,9-10H,5-8,11H2,1-2H3. The Morgan fingerprint density at radius 1 is 1.17 bits per heavy atom. The van der Waals surface area contributed by atoms with E-state index < -0.39 is 0 Å². The van der Waals surface area contributed by atoms with Crippen LogP contribution in [0.4, 0.5) is 5.69 Å². The molecule has 7 nitrogen and oxygen atoms in total. The van der Waals surface area contributed by atoms with E-state index in [1.165, 1.54) is 4.68 Å². The molecule has 0 N–H and O–H groups in total. The van der Waals surface area contributed by atoms with E-state index in [1.807, 2.05) is 6.07 Å². The quantitative estimate of drug-likeness (QED) is 0.805. The Labute approximate surface area is 144 Å². The normalized spacial score (nSPS) is 15.7. The second-order valence-corrected chi connectivity index (χ2v) is 6.40. The van der Waals surface area contributed by atoms with Gasteiger partial charge in [0.2, 0.25) is 0 Å². The minimum atomic E-state index is -0.281. The van der Waals surface area contributed by atoms with E-state index in [4.69, 9.17) is 11.6 Å². The summed E-state index contributed by atoms with van der Waals surface area (Å²) in [6.07, 6.45) is 3.43. The second kappa shape index (κ2) is 6.78. The highest BCUT2D eigenvalue weighted by molar-refractivity contribution is 6.33. The van der Waals surface area contributed by atoms with E-state index in [2.05, 4.69) is 14.9 Å². The minimum absolute atomic E-state index is 0.00382. The molecule has 2 aromatic heterocycles. The molecule has 0 amide bonds. The first kappa shape index (κ1) is 16.7. The molecule has 0 spiro atoms. The lowest BCUT2D eigenvalue weighted by atomic mass is 10.2. The highest BCUT2D eigenvalue weighted by Crippen LogP contribution is 2.22. The van der Waals surface area contributed by atoms with Gasteiger partial charge in [0.15, 0.2) is 0 Å². The van der Waals surface area contributed by atoms with E-state index in [9.17, 15) is 9.59 Å². The van der Waals surface area contributed by atoms with Crippen molar-refractivity contribution in [1.29, 1.82) is 0 Å². The van der Waals surface area contributed by atoms with Crippen LogP contribution in [0.1, 0.15) is 5.56 Å². The fourth-order valence-electron chi connectivity index (χ4n) is 2.82. The topological polar surface area (TPSA) is 63.4 Å². The predicted octanol–water partition coefficient (Wildman–Crippen LogP) is 0.455. The van der Waals surface area contributed by atoms with Crippen LogP contribution in [0.25, 0.3) is 0 Å². The van der Waals surface area contributed by atoms with Gasteiger partial charge in [-0.3, -0.25) is 14.5 Å². The number of hydrogen-bond acceptors (Lipinski definition) is 5. The summed E-state index contributed by atoms with van der Waals surface area (Å²) in [5, 5.41) is 4.26. The molecule has 1 aliphatic rings. The SMILES string of the molecule is Cn1ccc(CN2CCN(c3cnn(C)c(=O)c3Cl)CC2)cc1=O. The van der Waals surface area contributed by atoms with Crippen molar-refractivity contribution in [2.24, 2.45) is 14.1 Å². The van der Waals surface area contributed by atoms with E-state index >= 15 is 0 Å². The van der Waals surface area contributed by atoms with Crippen LogP contribution in [-0.4, -0.2) is 45.4 Å². The van der Waals surface area contributed by atoms with Gasteiger partial charge in [-0.15, -0.1) is 0 Å². The molecule has 0 unspecified atom stereocenters. The Morgan fingerprint density at radius 3 is 2.54 bits per heavy atom. The van der Waals surface area contributed by atoms with Gasteiger partial charge in [0, 0.05) is 59.1 Å². The van der Waals surface area contributed by atoms with Crippen molar-refractivity contribution in [3.63, 3.8) is 0 Å². The zero-order valence-corrected chi connectivity index (χ0v) is 14.5. The number of rotatable bonds is 3. The molecule has 0 bridgehead atoms. The van der Waals surface area contributed by atoms with Gasteiger partial charge in [0.25, 0.3) is 11.1 Å². The first-order valence-electron chi connectivity index (χ1n) is 7.80. The molecule has 0 radical (unpaired) electrons. The zero-order chi connectivity index (χ0) is 17.3. The summed E-state index contributed by atoms with van der Waals surface area (Å²) in [6, 6.07) is 3.64. The average molecular weight is 350 g/mol. The van der Waals surface area contributed by atoms with Crippen molar-refractivity contribution in [2.75, 3.05) is 31.1 Å². The number of anilines is 1.